The van der Waals surface area contributed by atoms with Crippen molar-refractivity contribution >= 4 is 11.9 Å². The Morgan fingerprint density at radius 2 is 1.56 bits per heavy atom. The van der Waals surface area contributed by atoms with E-state index in [1.807, 2.05) is 19.9 Å². The molecule has 6 nitrogen and oxygen atoms in total. The molecule has 0 N–H and O–H groups in total. The summed E-state index contributed by atoms with van der Waals surface area (Å²) in [6.07, 6.45) is -1.02. The van der Waals surface area contributed by atoms with Crippen LogP contribution in [-0.2, 0) is 9.53 Å². The third-order valence-electron chi connectivity index (χ3n) is 3.77. The van der Waals surface area contributed by atoms with Gasteiger partial charge in [0.05, 0.1) is 18.8 Å². The van der Waals surface area contributed by atoms with Crippen LogP contribution in [-0.4, -0.2) is 44.1 Å². The van der Waals surface area contributed by atoms with Gasteiger partial charge >= 0.3 is 5.97 Å². The highest BCUT2D eigenvalue weighted by atomic mass is 16.5. The molecular weight excluding hydrogens is 346 g/mol. The van der Waals surface area contributed by atoms with E-state index < -0.39 is 12.1 Å². The summed E-state index contributed by atoms with van der Waals surface area (Å²) in [5, 5.41) is 0. The molecule has 1 amide bonds. The topological polar surface area (TPSA) is 65.1 Å². The molecule has 1 atom stereocenters. The third-order valence-corrected chi connectivity index (χ3v) is 3.77. The first-order chi connectivity index (χ1) is 13.0. The van der Waals surface area contributed by atoms with Gasteiger partial charge in [0.15, 0.2) is 11.5 Å². The Balaban J connectivity index is 2.29. The molecule has 0 bridgehead atoms. The lowest BCUT2D eigenvalue weighted by atomic mass is 10.1. The number of carbonyl (C=O) groups is 2. The smallest absolute Gasteiger partial charge is 0.339 e. The first-order valence-electron chi connectivity index (χ1n) is 8.84. The van der Waals surface area contributed by atoms with Crippen molar-refractivity contribution in [1.82, 2.24) is 4.90 Å². The lowest BCUT2D eigenvalue weighted by Crippen LogP contribution is -2.31. The number of esters is 1. The first-order valence-corrected chi connectivity index (χ1v) is 8.84. The second kappa shape index (κ2) is 9.62. The zero-order valence-corrected chi connectivity index (χ0v) is 16.1. The fourth-order valence-corrected chi connectivity index (χ4v) is 2.48. The van der Waals surface area contributed by atoms with Crippen molar-refractivity contribution in [2.75, 3.05) is 27.3 Å². The second-order valence-corrected chi connectivity index (χ2v) is 5.96. The Hall–Kier alpha value is -3.02. The molecule has 27 heavy (non-hydrogen) atoms. The Morgan fingerprint density at radius 3 is 2.15 bits per heavy atom. The van der Waals surface area contributed by atoms with E-state index >= 15 is 0 Å². The molecule has 0 fully saturated rings. The zero-order chi connectivity index (χ0) is 19.8. The van der Waals surface area contributed by atoms with E-state index in [0.29, 0.717) is 30.3 Å². The van der Waals surface area contributed by atoms with Gasteiger partial charge in [-0.15, -0.1) is 0 Å². The molecule has 2 aromatic carbocycles. The number of hydrogen-bond donors (Lipinski definition) is 0. The normalized spacial score (nSPS) is 11.4. The summed E-state index contributed by atoms with van der Waals surface area (Å²) < 4.78 is 16.6. The largest absolute Gasteiger partial charge is 0.490 e. The summed E-state index contributed by atoms with van der Waals surface area (Å²) in [4.78, 5) is 26.6. The number of rotatable bonds is 8. The van der Waals surface area contributed by atoms with Crippen LogP contribution in [0.4, 0.5) is 0 Å². The highest BCUT2D eigenvalue weighted by Gasteiger charge is 2.27. The van der Waals surface area contributed by atoms with Crippen LogP contribution in [0.5, 0.6) is 11.5 Å². The van der Waals surface area contributed by atoms with E-state index in [-0.39, 0.29) is 11.5 Å². The van der Waals surface area contributed by atoms with Crippen molar-refractivity contribution in [3.63, 3.8) is 0 Å². The molecule has 6 heteroatoms. The van der Waals surface area contributed by atoms with Gasteiger partial charge in [-0.1, -0.05) is 30.3 Å². The molecule has 0 saturated carbocycles. The molecule has 2 rings (SSSR count). The van der Waals surface area contributed by atoms with Gasteiger partial charge in [0.2, 0.25) is 6.10 Å². The minimum atomic E-state index is -1.02. The average Bonchev–Trinajstić information content (AvgIpc) is 2.67. The number of likely N-dealkylation sites (N-methyl/N-ethyl adjacent to an activating group) is 1. The van der Waals surface area contributed by atoms with Crippen molar-refractivity contribution in [2.24, 2.45) is 0 Å². The van der Waals surface area contributed by atoms with Crippen LogP contribution >= 0.6 is 0 Å². The Kier molecular flexibility index (Phi) is 7.23. The molecule has 0 aliphatic carbocycles. The summed E-state index contributed by atoms with van der Waals surface area (Å²) >= 11 is 0. The minimum absolute atomic E-state index is 0.286. The highest BCUT2D eigenvalue weighted by molar-refractivity contribution is 5.93. The summed E-state index contributed by atoms with van der Waals surface area (Å²) in [5.41, 5.74) is 0.898. The maximum Gasteiger partial charge on any atom is 0.339 e. The van der Waals surface area contributed by atoms with Crippen LogP contribution < -0.4 is 9.47 Å². The van der Waals surface area contributed by atoms with Crippen LogP contribution in [0.3, 0.4) is 0 Å². The van der Waals surface area contributed by atoms with Crippen LogP contribution in [0.2, 0.25) is 0 Å². The van der Waals surface area contributed by atoms with Crippen LogP contribution in [0, 0.1) is 0 Å². The van der Waals surface area contributed by atoms with Gasteiger partial charge in [-0.2, -0.15) is 0 Å². The summed E-state index contributed by atoms with van der Waals surface area (Å²) in [6.45, 7) is 4.64. The Labute approximate surface area is 159 Å². The van der Waals surface area contributed by atoms with E-state index in [9.17, 15) is 9.59 Å². The van der Waals surface area contributed by atoms with Gasteiger partial charge in [0, 0.05) is 19.7 Å². The van der Waals surface area contributed by atoms with Gasteiger partial charge < -0.3 is 19.1 Å². The summed E-state index contributed by atoms with van der Waals surface area (Å²) in [7, 11) is 3.24. The summed E-state index contributed by atoms with van der Waals surface area (Å²) in [6, 6.07) is 13.8. The minimum Gasteiger partial charge on any atom is -0.490 e. The Bertz CT molecular complexity index is 773. The third kappa shape index (κ3) is 5.23. The zero-order valence-electron chi connectivity index (χ0n) is 16.1. The fraction of sp³-hybridized carbons (Fsp3) is 0.333. The van der Waals surface area contributed by atoms with Crippen molar-refractivity contribution in [1.29, 1.82) is 0 Å². The maximum absolute atomic E-state index is 12.7. The number of benzene rings is 2. The van der Waals surface area contributed by atoms with E-state index in [4.69, 9.17) is 14.2 Å². The maximum atomic E-state index is 12.7. The molecule has 0 aromatic heterocycles. The van der Waals surface area contributed by atoms with Gasteiger partial charge in [-0.3, -0.25) is 4.79 Å². The monoisotopic (exact) mass is 371 g/mol. The molecule has 0 aliphatic rings. The quantitative estimate of drug-likeness (QED) is 0.665. The molecule has 0 spiro atoms. The van der Waals surface area contributed by atoms with E-state index in [2.05, 4.69) is 0 Å². The standard InChI is InChI=1S/C21H25NO5/c1-5-25-17-13-12-16(14-18(17)26-6-2)21(24)27-19(20(23)22(3)4)15-10-8-7-9-11-15/h7-14,19H,5-6H2,1-4H3/t19-/m1/s1. The predicted octanol–water partition coefficient (Wildman–Crippen LogP) is 3.47. The molecule has 0 radical (unpaired) electrons. The van der Waals surface area contributed by atoms with E-state index in [1.165, 1.54) is 4.90 Å². The number of ether oxygens (including phenoxy) is 3. The van der Waals surface area contributed by atoms with E-state index in [1.54, 1.807) is 56.6 Å². The predicted molar refractivity (Wildman–Crippen MR) is 102 cm³/mol. The molecular formula is C21H25NO5. The van der Waals surface area contributed by atoms with Crippen LogP contribution in [0.1, 0.15) is 35.9 Å². The van der Waals surface area contributed by atoms with Gasteiger partial charge in [0.1, 0.15) is 0 Å². The lowest BCUT2D eigenvalue weighted by molar-refractivity contribution is -0.138. The average molecular weight is 371 g/mol. The number of nitrogens with zero attached hydrogens (tertiary/aromatic N) is 1. The highest BCUT2D eigenvalue weighted by Crippen LogP contribution is 2.30. The van der Waals surface area contributed by atoms with Crippen molar-refractivity contribution in [2.45, 2.75) is 20.0 Å². The van der Waals surface area contributed by atoms with Gasteiger partial charge in [-0.05, 0) is 32.0 Å². The number of hydrogen-bond acceptors (Lipinski definition) is 5. The van der Waals surface area contributed by atoms with Crippen molar-refractivity contribution < 1.29 is 23.8 Å². The SMILES string of the molecule is CCOc1ccc(C(=O)O[C@@H](C(=O)N(C)C)c2ccccc2)cc1OCC. The van der Waals surface area contributed by atoms with Gasteiger partial charge in [-0.25, -0.2) is 4.79 Å². The fourth-order valence-electron chi connectivity index (χ4n) is 2.48. The van der Waals surface area contributed by atoms with E-state index in [0.717, 1.165) is 0 Å². The molecule has 0 saturated heterocycles. The molecule has 0 aliphatic heterocycles. The molecule has 144 valence electrons. The number of amides is 1. The van der Waals surface area contributed by atoms with Crippen molar-refractivity contribution in [3.05, 3.63) is 59.7 Å². The first kappa shape index (κ1) is 20.3. The van der Waals surface area contributed by atoms with Crippen LogP contribution in [0.25, 0.3) is 0 Å². The molecule has 2 aromatic rings. The van der Waals surface area contributed by atoms with Crippen LogP contribution in [0.15, 0.2) is 48.5 Å². The lowest BCUT2D eigenvalue weighted by Gasteiger charge is -2.21. The Morgan fingerprint density at radius 1 is 0.926 bits per heavy atom. The van der Waals surface area contributed by atoms with Gasteiger partial charge in [0.25, 0.3) is 5.91 Å². The number of carbonyl (C=O) groups excluding carboxylic acids is 2. The van der Waals surface area contributed by atoms with Crippen molar-refractivity contribution in [3.8, 4) is 11.5 Å². The molecule has 0 heterocycles. The second-order valence-electron chi connectivity index (χ2n) is 5.96. The summed E-state index contributed by atoms with van der Waals surface area (Å²) in [5.74, 6) is 0.0949. The molecule has 0 unspecified atom stereocenters.